The summed E-state index contributed by atoms with van der Waals surface area (Å²) in [5.41, 5.74) is 0. The van der Waals surface area contributed by atoms with E-state index in [0.29, 0.717) is 0 Å². The molecule has 0 spiro atoms. The van der Waals surface area contributed by atoms with Crippen LogP contribution in [0, 0.1) is 6.42 Å². The number of hydrogen-bond donors (Lipinski definition) is 0. The fourth-order valence-corrected chi connectivity index (χ4v) is 0. The van der Waals surface area contributed by atoms with Crippen LogP contribution >= 0.6 is 0 Å². The van der Waals surface area contributed by atoms with Crippen molar-refractivity contribution in [3.05, 3.63) is 6.42 Å². The zero-order chi connectivity index (χ0) is 2.71. The van der Waals surface area contributed by atoms with Gasteiger partial charge < -0.3 is 0 Å². The summed E-state index contributed by atoms with van der Waals surface area (Å²) in [7, 11) is 0. The minimum Gasteiger partial charge on any atom is -0.0625 e. The summed E-state index contributed by atoms with van der Waals surface area (Å²) in [6.45, 7) is 4.00. The molecule has 0 N–H and O–H groups in total. The van der Waals surface area contributed by atoms with Crippen LogP contribution in [0.3, 0.4) is 0 Å². The van der Waals surface area contributed by atoms with E-state index in [1.807, 2.05) is 20.3 Å². The Morgan fingerprint density at radius 1 is 1.25 bits per heavy atom. The van der Waals surface area contributed by atoms with Gasteiger partial charge in [-0.15, -0.1) is 0 Å². The van der Waals surface area contributed by atoms with Gasteiger partial charge in [-0.3, -0.25) is 0 Å². The maximum atomic E-state index is 2.00. The molecular weight excluding hydrogens is 94.7 g/mol. The molecule has 0 aliphatic rings. The van der Waals surface area contributed by atoms with Crippen LogP contribution in [0.5, 0.6) is 0 Å². The molecular formula is C3H7Ni. The Balaban J connectivity index is 0. The van der Waals surface area contributed by atoms with E-state index in [9.17, 15) is 0 Å². The molecule has 0 aromatic carbocycles. The first-order valence-electron chi connectivity index (χ1n) is 1.15. The van der Waals surface area contributed by atoms with Crippen molar-refractivity contribution in [1.29, 1.82) is 0 Å². The van der Waals surface area contributed by atoms with E-state index >= 15 is 0 Å². The quantitative estimate of drug-likeness (QED) is 0.403. The summed E-state index contributed by atoms with van der Waals surface area (Å²) in [5, 5.41) is 0. The molecule has 0 atom stereocenters. The first-order chi connectivity index (χ1) is 1.41. The van der Waals surface area contributed by atoms with Gasteiger partial charge in [-0.1, -0.05) is 13.8 Å². The first-order valence-corrected chi connectivity index (χ1v) is 1.15. The second-order valence-corrected chi connectivity index (χ2v) is 0.577. The predicted octanol–water partition coefficient (Wildman–Crippen LogP) is 1.23. The minimum atomic E-state index is 0. The third kappa shape index (κ3) is 22.8. The second kappa shape index (κ2) is 9.74. The molecule has 0 saturated heterocycles. The van der Waals surface area contributed by atoms with Gasteiger partial charge in [-0.2, -0.15) is 0 Å². The Morgan fingerprint density at radius 2 is 1.25 bits per heavy atom. The number of rotatable bonds is 0. The summed E-state index contributed by atoms with van der Waals surface area (Å²) in [5.74, 6) is 0. The van der Waals surface area contributed by atoms with Crippen LogP contribution in [-0.4, -0.2) is 0 Å². The Hall–Kier alpha value is 0.494. The van der Waals surface area contributed by atoms with Gasteiger partial charge in [-0.25, -0.2) is 0 Å². The van der Waals surface area contributed by atoms with Gasteiger partial charge in [0.2, 0.25) is 0 Å². The van der Waals surface area contributed by atoms with Crippen molar-refractivity contribution >= 4 is 0 Å². The molecule has 1 heteroatoms. The third-order valence-corrected chi connectivity index (χ3v) is 0. The van der Waals surface area contributed by atoms with Gasteiger partial charge in [0.1, 0.15) is 0 Å². The van der Waals surface area contributed by atoms with Gasteiger partial charge in [0.15, 0.2) is 0 Å². The van der Waals surface area contributed by atoms with E-state index in [4.69, 9.17) is 0 Å². The third-order valence-electron chi connectivity index (χ3n) is 0. The predicted molar refractivity (Wildman–Crippen MR) is 15.6 cm³/mol. The summed E-state index contributed by atoms with van der Waals surface area (Å²) in [6, 6.07) is 0. The molecule has 0 aliphatic carbocycles. The normalized spacial score (nSPS) is 4.50. The van der Waals surface area contributed by atoms with Crippen molar-refractivity contribution in [3.63, 3.8) is 0 Å². The van der Waals surface area contributed by atoms with Gasteiger partial charge >= 0.3 is 0 Å². The molecule has 0 fully saturated rings. The zero-order valence-electron chi connectivity index (χ0n) is 2.89. The first kappa shape index (κ1) is 8.82. The van der Waals surface area contributed by atoms with Gasteiger partial charge in [0.25, 0.3) is 0 Å². The smallest absolute Gasteiger partial charge is 0 e. The fraction of sp³-hybridized carbons (Fsp3) is 0.667. The molecule has 0 bridgehead atoms. The van der Waals surface area contributed by atoms with Crippen molar-refractivity contribution in [2.45, 2.75) is 13.8 Å². The average molecular weight is 102 g/mol. The van der Waals surface area contributed by atoms with Crippen molar-refractivity contribution in [2.24, 2.45) is 0 Å². The SMILES string of the molecule is C[CH]C.[Ni]. The molecule has 29 valence electrons. The van der Waals surface area contributed by atoms with Crippen LogP contribution in [0.4, 0.5) is 0 Å². The van der Waals surface area contributed by atoms with Gasteiger partial charge in [-0.05, 0) is 6.42 Å². The maximum Gasteiger partial charge on any atom is 0 e. The standard InChI is InChI=1S/C3H7.Ni/c1-3-2;/h3H,1-2H3;. The molecule has 0 aliphatic heterocycles. The molecule has 0 saturated carbocycles. The van der Waals surface area contributed by atoms with Crippen molar-refractivity contribution in [3.8, 4) is 0 Å². The Bertz CT molecular complexity index is 3.25. The molecule has 0 nitrogen and oxygen atoms in total. The van der Waals surface area contributed by atoms with Crippen LogP contribution in [0.15, 0.2) is 0 Å². The van der Waals surface area contributed by atoms with Crippen LogP contribution in [0.1, 0.15) is 13.8 Å². The molecule has 0 rings (SSSR count). The van der Waals surface area contributed by atoms with Crippen molar-refractivity contribution in [2.75, 3.05) is 0 Å². The van der Waals surface area contributed by atoms with Crippen molar-refractivity contribution in [1.82, 2.24) is 0 Å². The summed E-state index contributed by atoms with van der Waals surface area (Å²) in [4.78, 5) is 0. The zero-order valence-corrected chi connectivity index (χ0v) is 3.88. The van der Waals surface area contributed by atoms with E-state index in [0.717, 1.165) is 0 Å². The molecule has 0 aromatic heterocycles. The molecule has 0 aromatic rings. The number of hydrogen-bond acceptors (Lipinski definition) is 0. The molecule has 4 heavy (non-hydrogen) atoms. The topological polar surface area (TPSA) is 0 Å². The van der Waals surface area contributed by atoms with E-state index in [2.05, 4.69) is 0 Å². The maximum absolute atomic E-state index is 2.00. The summed E-state index contributed by atoms with van der Waals surface area (Å²) in [6.07, 6.45) is 2.00. The van der Waals surface area contributed by atoms with Crippen LogP contribution in [0.2, 0.25) is 0 Å². The molecule has 0 unspecified atom stereocenters. The Morgan fingerprint density at radius 3 is 1.25 bits per heavy atom. The van der Waals surface area contributed by atoms with E-state index < -0.39 is 0 Å². The second-order valence-electron chi connectivity index (χ2n) is 0.577. The Labute approximate surface area is 37.5 Å². The largest absolute Gasteiger partial charge is 0.0625 e. The average Bonchev–Trinajstić information content (AvgIpc) is 0.918. The molecule has 0 amide bonds. The van der Waals surface area contributed by atoms with Crippen LogP contribution < -0.4 is 0 Å². The van der Waals surface area contributed by atoms with Crippen LogP contribution in [-0.2, 0) is 16.5 Å². The van der Waals surface area contributed by atoms with Crippen molar-refractivity contribution < 1.29 is 16.5 Å². The molecule has 0 heterocycles. The molecule has 1 radical (unpaired) electrons. The van der Waals surface area contributed by atoms with E-state index in [1.165, 1.54) is 0 Å². The van der Waals surface area contributed by atoms with Gasteiger partial charge in [0.05, 0.1) is 0 Å². The van der Waals surface area contributed by atoms with E-state index in [-0.39, 0.29) is 16.5 Å². The monoisotopic (exact) mass is 101 g/mol. The fourth-order valence-electron chi connectivity index (χ4n) is 0. The van der Waals surface area contributed by atoms with Gasteiger partial charge in [0, 0.05) is 16.5 Å². The van der Waals surface area contributed by atoms with Crippen LogP contribution in [0.25, 0.3) is 0 Å². The van der Waals surface area contributed by atoms with E-state index in [1.54, 1.807) is 0 Å². The minimum absolute atomic E-state index is 0. The summed E-state index contributed by atoms with van der Waals surface area (Å²) < 4.78 is 0. The summed E-state index contributed by atoms with van der Waals surface area (Å²) >= 11 is 0. The Kier molecular flexibility index (Phi) is 21.5.